The second kappa shape index (κ2) is 6.74. The van der Waals surface area contributed by atoms with E-state index in [1.54, 1.807) is 12.4 Å². The summed E-state index contributed by atoms with van der Waals surface area (Å²) in [6.07, 6.45) is 4.84. The highest BCUT2D eigenvalue weighted by Gasteiger charge is 2.37. The molecule has 0 spiro atoms. The minimum atomic E-state index is -0.0239. The molecule has 2 aliphatic heterocycles. The van der Waals surface area contributed by atoms with Crippen molar-refractivity contribution in [2.45, 2.75) is 25.4 Å². The lowest BCUT2D eigenvalue weighted by Crippen LogP contribution is -2.53. The van der Waals surface area contributed by atoms with Crippen molar-refractivity contribution in [3.63, 3.8) is 0 Å². The van der Waals surface area contributed by atoms with Crippen LogP contribution in [0, 0.1) is 0 Å². The molecule has 2 saturated heterocycles. The highest BCUT2D eigenvalue weighted by atomic mass is 16.2. The van der Waals surface area contributed by atoms with Crippen LogP contribution in [0.2, 0.25) is 0 Å². The Morgan fingerprint density at radius 3 is 2.86 bits per heavy atom. The van der Waals surface area contributed by atoms with Gasteiger partial charge < -0.3 is 9.80 Å². The summed E-state index contributed by atoms with van der Waals surface area (Å²) in [4.78, 5) is 33.1. The zero-order valence-electron chi connectivity index (χ0n) is 15.5. The maximum atomic E-state index is 13.0. The molecule has 142 valence electrons. The number of carbonyl (C=O) groups is 2. The van der Waals surface area contributed by atoms with Gasteiger partial charge in [-0.05, 0) is 18.1 Å². The molecule has 2 aromatic heterocycles. The second-order valence-corrected chi connectivity index (χ2v) is 7.46. The molecule has 7 nitrogen and oxygen atoms in total. The van der Waals surface area contributed by atoms with Gasteiger partial charge in [0.2, 0.25) is 5.91 Å². The molecule has 0 aliphatic carbocycles. The van der Waals surface area contributed by atoms with Crippen LogP contribution in [0.4, 0.5) is 0 Å². The number of hydrogen-bond acceptors (Lipinski definition) is 4. The van der Waals surface area contributed by atoms with Gasteiger partial charge >= 0.3 is 0 Å². The predicted octanol–water partition coefficient (Wildman–Crippen LogP) is 1.93. The molecule has 1 atom stereocenters. The molecular formula is C21H21N5O2. The molecular weight excluding hydrogens is 354 g/mol. The number of nitrogens with zero attached hydrogens (tertiary/aromatic N) is 5. The molecule has 2 aliphatic rings. The van der Waals surface area contributed by atoms with Gasteiger partial charge in [0.15, 0.2) is 5.65 Å². The molecule has 0 saturated carbocycles. The van der Waals surface area contributed by atoms with Crippen LogP contribution >= 0.6 is 0 Å². The Hall–Kier alpha value is -3.22. The van der Waals surface area contributed by atoms with Gasteiger partial charge in [-0.25, -0.2) is 9.67 Å². The van der Waals surface area contributed by atoms with Crippen molar-refractivity contribution in [2.75, 3.05) is 19.6 Å². The molecule has 1 aromatic carbocycles. The lowest BCUT2D eigenvalue weighted by Gasteiger charge is -2.37. The zero-order chi connectivity index (χ0) is 19.1. The van der Waals surface area contributed by atoms with Gasteiger partial charge in [-0.3, -0.25) is 9.59 Å². The van der Waals surface area contributed by atoms with Crippen LogP contribution in [0.3, 0.4) is 0 Å². The van der Waals surface area contributed by atoms with E-state index in [4.69, 9.17) is 0 Å². The number of hydrogen-bond donors (Lipinski definition) is 0. The maximum absolute atomic E-state index is 13.0. The number of aromatic nitrogens is 3. The van der Waals surface area contributed by atoms with Crippen LogP contribution in [0.25, 0.3) is 11.0 Å². The van der Waals surface area contributed by atoms with Gasteiger partial charge in [0.25, 0.3) is 5.91 Å². The molecule has 4 heterocycles. The fraction of sp³-hybridized carbons (Fsp3) is 0.333. The first-order valence-electron chi connectivity index (χ1n) is 9.63. The first-order chi connectivity index (χ1) is 13.7. The van der Waals surface area contributed by atoms with Crippen molar-refractivity contribution in [3.05, 3.63) is 59.9 Å². The molecule has 7 heteroatoms. The van der Waals surface area contributed by atoms with Crippen molar-refractivity contribution in [2.24, 2.45) is 0 Å². The quantitative estimate of drug-likeness (QED) is 0.701. The Kier molecular flexibility index (Phi) is 4.07. The summed E-state index contributed by atoms with van der Waals surface area (Å²) in [6.45, 7) is 2.45. The molecule has 0 N–H and O–H groups in total. The Morgan fingerprint density at radius 1 is 1.14 bits per heavy atom. The Balaban J connectivity index is 1.35. The van der Waals surface area contributed by atoms with Crippen molar-refractivity contribution in [3.8, 4) is 0 Å². The van der Waals surface area contributed by atoms with Crippen molar-refractivity contribution < 1.29 is 9.59 Å². The lowest BCUT2D eigenvalue weighted by molar-refractivity contribution is -0.130. The summed E-state index contributed by atoms with van der Waals surface area (Å²) in [5, 5.41) is 5.30. The fourth-order valence-electron chi connectivity index (χ4n) is 4.19. The molecule has 5 rings (SSSR count). The van der Waals surface area contributed by atoms with E-state index in [1.807, 2.05) is 38.7 Å². The number of benzene rings is 1. The van der Waals surface area contributed by atoms with Crippen molar-refractivity contribution >= 4 is 22.8 Å². The van der Waals surface area contributed by atoms with Crippen LogP contribution in [0.5, 0.6) is 0 Å². The number of amides is 2. The van der Waals surface area contributed by atoms with Gasteiger partial charge in [-0.15, -0.1) is 0 Å². The number of rotatable bonds is 3. The molecule has 0 bridgehead atoms. The van der Waals surface area contributed by atoms with Crippen LogP contribution in [-0.4, -0.2) is 62.1 Å². The standard InChI is InChI=1S/C21H21N5O2/c27-19-7-6-18-14-24(8-9-25(18)19)21(28)17-10-16-12-23-26(20(16)22-11-17)13-15-4-2-1-3-5-15/h1-5,10-12,18H,6-9,13-14H2/t18-/m1/s1. The summed E-state index contributed by atoms with van der Waals surface area (Å²) in [6, 6.07) is 12.1. The van der Waals surface area contributed by atoms with Crippen molar-refractivity contribution in [1.82, 2.24) is 24.6 Å². The predicted molar refractivity (Wildman–Crippen MR) is 104 cm³/mol. The molecule has 2 fully saturated rings. The maximum Gasteiger partial charge on any atom is 0.255 e. The third-order valence-corrected chi connectivity index (χ3v) is 5.68. The molecule has 0 unspecified atom stereocenters. The van der Waals surface area contributed by atoms with Gasteiger partial charge in [0, 0.05) is 43.7 Å². The van der Waals surface area contributed by atoms with Crippen LogP contribution in [-0.2, 0) is 11.3 Å². The summed E-state index contributed by atoms with van der Waals surface area (Å²) >= 11 is 0. The minimum absolute atomic E-state index is 0.0239. The van der Waals surface area contributed by atoms with Gasteiger partial charge in [0.05, 0.1) is 18.3 Å². The van der Waals surface area contributed by atoms with Gasteiger partial charge in [-0.2, -0.15) is 5.10 Å². The van der Waals surface area contributed by atoms with E-state index in [0.717, 1.165) is 23.0 Å². The lowest BCUT2D eigenvalue weighted by atomic mass is 10.1. The Labute approximate surface area is 162 Å². The van der Waals surface area contributed by atoms with Crippen LogP contribution < -0.4 is 0 Å². The first kappa shape index (κ1) is 16.9. The Bertz CT molecular complexity index is 1050. The van der Waals surface area contributed by atoms with Crippen LogP contribution in [0.1, 0.15) is 28.8 Å². The summed E-state index contributed by atoms with van der Waals surface area (Å²) in [7, 11) is 0. The van der Waals surface area contributed by atoms with E-state index in [1.165, 1.54) is 0 Å². The number of carbonyl (C=O) groups excluding carboxylic acids is 2. The molecule has 28 heavy (non-hydrogen) atoms. The number of piperazine rings is 1. The molecule has 0 radical (unpaired) electrons. The van der Waals surface area contributed by atoms with E-state index < -0.39 is 0 Å². The van der Waals surface area contributed by atoms with E-state index in [-0.39, 0.29) is 17.9 Å². The fourth-order valence-corrected chi connectivity index (χ4v) is 4.19. The van der Waals surface area contributed by atoms with E-state index >= 15 is 0 Å². The second-order valence-electron chi connectivity index (χ2n) is 7.46. The van der Waals surface area contributed by atoms with Crippen molar-refractivity contribution in [1.29, 1.82) is 0 Å². The van der Waals surface area contributed by atoms with E-state index in [9.17, 15) is 9.59 Å². The normalized spacial score (nSPS) is 19.3. The number of fused-ring (bicyclic) bond motifs is 2. The number of pyridine rings is 1. The summed E-state index contributed by atoms with van der Waals surface area (Å²) in [5.74, 6) is 0.190. The smallest absolute Gasteiger partial charge is 0.255 e. The van der Waals surface area contributed by atoms with Gasteiger partial charge in [-0.1, -0.05) is 30.3 Å². The SMILES string of the molecule is O=C(c1cnc2c(cnn2Cc2ccccc2)c1)N1CCN2C(=O)CC[C@@H]2C1. The zero-order valence-corrected chi connectivity index (χ0v) is 15.5. The van der Waals surface area contributed by atoms with Gasteiger partial charge in [0.1, 0.15) is 0 Å². The highest BCUT2D eigenvalue weighted by Crippen LogP contribution is 2.24. The summed E-state index contributed by atoms with van der Waals surface area (Å²) in [5.41, 5.74) is 2.49. The molecule has 2 amide bonds. The average molecular weight is 375 g/mol. The van der Waals surface area contributed by atoms with E-state index in [0.29, 0.717) is 38.2 Å². The Morgan fingerprint density at radius 2 is 2.00 bits per heavy atom. The monoisotopic (exact) mass is 375 g/mol. The third kappa shape index (κ3) is 2.93. The van der Waals surface area contributed by atoms with E-state index in [2.05, 4.69) is 22.2 Å². The average Bonchev–Trinajstić information content (AvgIpc) is 3.31. The third-order valence-electron chi connectivity index (χ3n) is 5.68. The largest absolute Gasteiger partial charge is 0.336 e. The highest BCUT2D eigenvalue weighted by molar-refractivity contribution is 5.97. The first-order valence-corrected chi connectivity index (χ1v) is 9.63. The molecule has 3 aromatic rings. The summed E-state index contributed by atoms with van der Waals surface area (Å²) < 4.78 is 1.85. The topological polar surface area (TPSA) is 71.3 Å². The minimum Gasteiger partial charge on any atom is -0.336 e. The van der Waals surface area contributed by atoms with Crippen LogP contribution in [0.15, 0.2) is 48.8 Å².